The van der Waals surface area contributed by atoms with Crippen LogP contribution in [0.4, 0.5) is 5.69 Å². The number of likely N-dealkylation sites (tertiary alicyclic amines) is 1. The molecule has 7 heteroatoms. The molecule has 3 aromatic carbocycles. The molecular formula is C28H24ClN3O3. The van der Waals surface area contributed by atoms with E-state index in [2.05, 4.69) is 5.32 Å². The summed E-state index contributed by atoms with van der Waals surface area (Å²) in [4.78, 5) is 44.6. The van der Waals surface area contributed by atoms with Crippen molar-refractivity contribution in [1.29, 1.82) is 0 Å². The van der Waals surface area contributed by atoms with E-state index in [1.54, 1.807) is 11.0 Å². The van der Waals surface area contributed by atoms with E-state index in [-0.39, 0.29) is 36.9 Å². The quantitative estimate of drug-likeness (QED) is 0.569. The third-order valence-corrected chi connectivity index (χ3v) is 7.94. The van der Waals surface area contributed by atoms with Gasteiger partial charge in [-0.3, -0.25) is 24.6 Å². The van der Waals surface area contributed by atoms with E-state index in [1.165, 1.54) is 4.90 Å². The number of rotatable bonds is 4. The van der Waals surface area contributed by atoms with E-state index < -0.39 is 17.4 Å². The van der Waals surface area contributed by atoms with Crippen LogP contribution in [0.1, 0.15) is 23.6 Å². The van der Waals surface area contributed by atoms with Crippen molar-refractivity contribution < 1.29 is 14.4 Å². The Morgan fingerprint density at radius 2 is 1.51 bits per heavy atom. The van der Waals surface area contributed by atoms with Gasteiger partial charge in [-0.25, -0.2) is 0 Å². The van der Waals surface area contributed by atoms with Crippen molar-refractivity contribution in [3.8, 4) is 0 Å². The second-order valence-corrected chi connectivity index (χ2v) is 9.90. The summed E-state index contributed by atoms with van der Waals surface area (Å²) in [6.45, 7) is 2.37. The lowest BCUT2D eigenvalue weighted by Gasteiger charge is -2.30. The van der Waals surface area contributed by atoms with Gasteiger partial charge in [-0.05, 0) is 30.2 Å². The first-order valence-electron chi connectivity index (χ1n) is 11.7. The lowest BCUT2D eigenvalue weighted by molar-refractivity contribution is -0.143. The molecule has 2 fully saturated rings. The summed E-state index contributed by atoms with van der Waals surface area (Å²) in [6.07, 6.45) is 0. The number of hydrogen-bond donors (Lipinski definition) is 1. The van der Waals surface area contributed by atoms with Crippen LogP contribution in [0.25, 0.3) is 0 Å². The van der Waals surface area contributed by atoms with Gasteiger partial charge >= 0.3 is 0 Å². The number of fused-ring (bicyclic) bond motifs is 4. The molecule has 0 saturated carbocycles. The van der Waals surface area contributed by atoms with E-state index >= 15 is 0 Å². The molecular weight excluding hydrogens is 462 g/mol. The minimum absolute atomic E-state index is 0.202. The van der Waals surface area contributed by atoms with Crippen molar-refractivity contribution >= 4 is 35.0 Å². The molecule has 3 aliphatic heterocycles. The predicted molar refractivity (Wildman–Crippen MR) is 132 cm³/mol. The first-order chi connectivity index (χ1) is 16.9. The third-order valence-electron chi connectivity index (χ3n) is 7.57. The molecule has 176 valence electrons. The summed E-state index contributed by atoms with van der Waals surface area (Å²) in [7, 11) is 0. The average Bonchev–Trinajstić information content (AvgIpc) is 3.40. The van der Waals surface area contributed by atoms with Crippen molar-refractivity contribution in [2.45, 2.75) is 31.6 Å². The number of amides is 3. The number of imide groups is 1. The Kier molecular flexibility index (Phi) is 5.06. The molecule has 3 aromatic rings. The predicted octanol–water partition coefficient (Wildman–Crippen LogP) is 3.88. The van der Waals surface area contributed by atoms with E-state index in [0.717, 1.165) is 22.4 Å². The van der Waals surface area contributed by atoms with Crippen LogP contribution in [0.3, 0.4) is 0 Å². The van der Waals surface area contributed by atoms with Gasteiger partial charge in [0.25, 0.3) is 5.91 Å². The molecule has 0 aliphatic carbocycles. The van der Waals surface area contributed by atoms with Crippen molar-refractivity contribution in [1.82, 2.24) is 10.2 Å². The molecule has 0 unspecified atom stereocenters. The van der Waals surface area contributed by atoms with Gasteiger partial charge in [0, 0.05) is 22.3 Å². The van der Waals surface area contributed by atoms with Gasteiger partial charge in [0.2, 0.25) is 11.8 Å². The Morgan fingerprint density at radius 3 is 2.29 bits per heavy atom. The molecule has 0 aromatic heterocycles. The normalized spacial score (nSPS) is 27.1. The van der Waals surface area contributed by atoms with Gasteiger partial charge in [0.05, 0.1) is 24.9 Å². The zero-order valence-electron chi connectivity index (χ0n) is 19.1. The lowest BCUT2D eigenvalue weighted by atomic mass is 9.76. The molecule has 35 heavy (non-hydrogen) atoms. The molecule has 0 radical (unpaired) electrons. The maximum Gasteiger partial charge on any atom is 0.253 e. The second-order valence-electron chi connectivity index (χ2n) is 9.49. The van der Waals surface area contributed by atoms with Gasteiger partial charge in [-0.2, -0.15) is 0 Å². The van der Waals surface area contributed by atoms with Crippen LogP contribution >= 0.6 is 11.6 Å². The summed E-state index contributed by atoms with van der Waals surface area (Å²) in [6, 6.07) is 24.1. The maximum atomic E-state index is 14.2. The van der Waals surface area contributed by atoms with Gasteiger partial charge in [0.15, 0.2) is 0 Å². The molecule has 1 spiro atoms. The zero-order valence-corrected chi connectivity index (χ0v) is 19.9. The fourth-order valence-electron chi connectivity index (χ4n) is 6.04. The first-order valence-corrected chi connectivity index (χ1v) is 12.1. The second kappa shape index (κ2) is 8.04. The fourth-order valence-corrected chi connectivity index (χ4v) is 6.24. The number of para-hydroxylation sites is 1. The molecule has 6 nitrogen and oxygen atoms in total. The summed E-state index contributed by atoms with van der Waals surface area (Å²) in [5.74, 6) is -2.17. The highest BCUT2D eigenvalue weighted by Crippen LogP contribution is 2.55. The van der Waals surface area contributed by atoms with Crippen LogP contribution < -0.4 is 10.2 Å². The van der Waals surface area contributed by atoms with Crippen molar-refractivity contribution in [2.75, 3.05) is 4.90 Å². The minimum Gasteiger partial charge on any atom is -0.306 e. The number of benzene rings is 3. The number of anilines is 1. The molecule has 0 bridgehead atoms. The Hall–Kier alpha value is -3.48. The third kappa shape index (κ3) is 3.10. The highest BCUT2D eigenvalue weighted by molar-refractivity contribution is 6.31. The number of carbonyl (C=O) groups excluding carboxylic acids is 3. The van der Waals surface area contributed by atoms with Crippen LogP contribution in [0.5, 0.6) is 0 Å². The van der Waals surface area contributed by atoms with Crippen LogP contribution in [-0.2, 0) is 33.0 Å². The van der Waals surface area contributed by atoms with E-state index in [4.69, 9.17) is 11.6 Å². The smallest absolute Gasteiger partial charge is 0.253 e. The molecule has 3 aliphatic rings. The van der Waals surface area contributed by atoms with Gasteiger partial charge in [-0.15, -0.1) is 0 Å². The van der Waals surface area contributed by atoms with E-state index in [1.807, 2.05) is 79.7 Å². The van der Waals surface area contributed by atoms with Crippen molar-refractivity contribution in [3.63, 3.8) is 0 Å². The summed E-state index contributed by atoms with van der Waals surface area (Å²) in [5.41, 5.74) is 1.87. The van der Waals surface area contributed by atoms with Crippen molar-refractivity contribution in [2.24, 2.45) is 11.8 Å². The largest absolute Gasteiger partial charge is 0.306 e. The molecule has 6 rings (SSSR count). The Labute approximate surface area is 208 Å². The highest BCUT2D eigenvalue weighted by Gasteiger charge is 2.70. The number of nitrogens with one attached hydrogen (secondary N) is 1. The highest BCUT2D eigenvalue weighted by atomic mass is 35.5. The molecule has 3 amide bonds. The monoisotopic (exact) mass is 485 g/mol. The van der Waals surface area contributed by atoms with Gasteiger partial charge in [0.1, 0.15) is 5.54 Å². The van der Waals surface area contributed by atoms with Crippen LogP contribution in [-0.4, -0.2) is 28.7 Å². The zero-order chi connectivity index (χ0) is 24.3. The summed E-state index contributed by atoms with van der Waals surface area (Å²) >= 11 is 6.42. The van der Waals surface area contributed by atoms with Crippen molar-refractivity contribution in [3.05, 3.63) is 101 Å². The minimum atomic E-state index is -1.29. The van der Waals surface area contributed by atoms with Gasteiger partial charge in [-0.1, -0.05) is 78.3 Å². The van der Waals surface area contributed by atoms with Crippen LogP contribution in [0.2, 0.25) is 5.02 Å². The maximum absolute atomic E-state index is 14.2. The Bertz CT molecular complexity index is 1360. The van der Waals surface area contributed by atoms with Crippen LogP contribution in [0.15, 0.2) is 78.9 Å². The van der Waals surface area contributed by atoms with E-state index in [0.29, 0.717) is 5.02 Å². The number of nitrogens with zero attached hydrogens (tertiary/aromatic N) is 2. The number of hydrogen-bond acceptors (Lipinski definition) is 4. The van der Waals surface area contributed by atoms with E-state index in [9.17, 15) is 14.4 Å². The Balaban J connectivity index is 1.43. The lowest BCUT2D eigenvalue weighted by Crippen LogP contribution is -2.54. The number of carbonyl (C=O) groups is 3. The molecule has 2 saturated heterocycles. The average molecular weight is 486 g/mol. The van der Waals surface area contributed by atoms with Gasteiger partial charge < -0.3 is 4.90 Å². The molecule has 4 atom stereocenters. The first kappa shape index (κ1) is 22.0. The molecule has 1 N–H and O–H groups in total. The Morgan fingerprint density at radius 1 is 0.829 bits per heavy atom. The fraction of sp³-hybridized carbons (Fsp3) is 0.250. The standard InChI is InChI=1S/C28H24ClN3O3/c1-17-23-24(26(34)32(25(23)33)15-18-9-3-2-4-10-18)28(30-17)20-12-6-8-14-22(20)31(27(28)35)16-19-11-5-7-13-21(19)29/h2-14,17,23-24,30H,15-16H2,1H3/t17-,23-,24+,28-/m0/s1. The molecule has 3 heterocycles. The SMILES string of the molecule is C[C@@H]1N[C@]2(C(=O)N(Cc3ccccc3Cl)c3ccccc32)[C@H]2C(=O)N(Cc3ccccc3)C(=O)[C@@H]12. The number of halogens is 1. The topological polar surface area (TPSA) is 69.7 Å². The van der Waals surface area contributed by atoms with Crippen LogP contribution in [0, 0.1) is 11.8 Å². The summed E-state index contributed by atoms with van der Waals surface area (Å²) in [5, 5.41) is 3.99. The summed E-state index contributed by atoms with van der Waals surface area (Å²) < 4.78 is 0.